The maximum atomic E-state index is 12.4. The summed E-state index contributed by atoms with van der Waals surface area (Å²) < 4.78 is 23.4. The second kappa shape index (κ2) is 5.92. The molecule has 0 amide bonds. The smallest absolute Gasteiger partial charge is 0.155 e. The van der Waals surface area contributed by atoms with Crippen LogP contribution >= 0.6 is 0 Å². The number of piperidine rings is 1. The molecule has 0 aromatic rings. The molecule has 0 unspecified atom stereocenters. The predicted molar refractivity (Wildman–Crippen MR) is 78.0 cm³/mol. The summed E-state index contributed by atoms with van der Waals surface area (Å²) in [5, 5.41) is 3.25. The van der Waals surface area contributed by atoms with Crippen molar-refractivity contribution in [3.05, 3.63) is 0 Å². The molecule has 1 aliphatic rings. The lowest BCUT2D eigenvalue weighted by atomic mass is 9.72. The molecule has 0 atom stereocenters. The van der Waals surface area contributed by atoms with E-state index in [2.05, 4.69) is 5.32 Å². The van der Waals surface area contributed by atoms with Crippen LogP contribution < -0.4 is 5.32 Å². The summed E-state index contributed by atoms with van der Waals surface area (Å²) in [6.07, 6.45) is 2.63. The van der Waals surface area contributed by atoms with Gasteiger partial charge >= 0.3 is 0 Å². The van der Waals surface area contributed by atoms with Crippen LogP contribution in [0.25, 0.3) is 0 Å². The third kappa shape index (κ3) is 3.78. The Morgan fingerprint density at radius 2 is 1.74 bits per heavy atom. The average molecular weight is 289 g/mol. The zero-order valence-electron chi connectivity index (χ0n) is 12.6. The molecule has 1 fully saturated rings. The molecule has 0 radical (unpaired) electrons. The first-order valence-corrected chi connectivity index (χ1v) is 8.76. The molecule has 19 heavy (non-hydrogen) atoms. The molecule has 5 heteroatoms. The van der Waals surface area contributed by atoms with Crippen molar-refractivity contribution in [2.24, 2.45) is 5.41 Å². The summed E-state index contributed by atoms with van der Waals surface area (Å²) in [5.74, 6) is 0.106. The number of hydrogen-bond donors (Lipinski definition) is 1. The van der Waals surface area contributed by atoms with Crippen molar-refractivity contribution >= 4 is 15.6 Å². The van der Waals surface area contributed by atoms with E-state index in [0.717, 1.165) is 32.4 Å². The summed E-state index contributed by atoms with van der Waals surface area (Å²) in [5.41, 5.74) is -0.293. The van der Waals surface area contributed by atoms with Gasteiger partial charge in [0, 0.05) is 11.8 Å². The molecule has 0 aliphatic carbocycles. The average Bonchev–Trinajstić information content (AvgIpc) is 2.35. The van der Waals surface area contributed by atoms with Gasteiger partial charge in [-0.1, -0.05) is 6.92 Å². The minimum atomic E-state index is -3.20. The van der Waals surface area contributed by atoms with E-state index in [9.17, 15) is 13.2 Å². The van der Waals surface area contributed by atoms with Gasteiger partial charge in [-0.25, -0.2) is 8.42 Å². The van der Waals surface area contributed by atoms with Crippen LogP contribution in [0, 0.1) is 5.41 Å². The lowest BCUT2D eigenvalue weighted by Gasteiger charge is -2.35. The fourth-order valence-electron chi connectivity index (χ4n) is 2.53. The Hall–Kier alpha value is -0.420. The molecule has 0 saturated carbocycles. The lowest BCUT2D eigenvalue weighted by Crippen LogP contribution is -2.42. The molecule has 4 nitrogen and oxygen atoms in total. The normalized spacial score (nSPS) is 20.2. The summed E-state index contributed by atoms with van der Waals surface area (Å²) >= 11 is 0. The Morgan fingerprint density at radius 3 is 2.16 bits per heavy atom. The summed E-state index contributed by atoms with van der Waals surface area (Å²) in [6.45, 7) is 8.80. The molecule has 112 valence electrons. The summed E-state index contributed by atoms with van der Waals surface area (Å²) in [4.78, 5) is 12.4. The van der Waals surface area contributed by atoms with Crippen LogP contribution in [0.15, 0.2) is 0 Å². The van der Waals surface area contributed by atoms with Gasteiger partial charge < -0.3 is 5.32 Å². The number of Topliss-reactive ketones (excluding diaryl/α,β-unsaturated/α-hetero) is 1. The first kappa shape index (κ1) is 16.6. The summed E-state index contributed by atoms with van der Waals surface area (Å²) in [6, 6.07) is 0. The molecule has 1 rings (SSSR count). The standard InChI is InChI=1S/C14H27NO3S/c1-5-14(7-9-15-10-8-14)12(16)6-11-19(17,18)13(2,3)4/h15H,5-11H2,1-4H3. The fraction of sp³-hybridized carbons (Fsp3) is 0.929. The van der Waals surface area contributed by atoms with Crippen molar-refractivity contribution in [1.29, 1.82) is 0 Å². The molecule has 0 bridgehead atoms. The Kier molecular flexibility index (Phi) is 5.18. The second-order valence-electron chi connectivity index (χ2n) is 6.49. The highest BCUT2D eigenvalue weighted by Crippen LogP contribution is 2.35. The van der Waals surface area contributed by atoms with Crippen LogP contribution in [0.4, 0.5) is 0 Å². The Bertz CT molecular complexity index is 414. The topological polar surface area (TPSA) is 63.2 Å². The molecule has 0 aromatic heterocycles. The van der Waals surface area contributed by atoms with Gasteiger partial charge in [-0.3, -0.25) is 4.79 Å². The van der Waals surface area contributed by atoms with Crippen LogP contribution in [-0.4, -0.2) is 37.8 Å². The van der Waals surface area contributed by atoms with Crippen LogP contribution in [0.5, 0.6) is 0 Å². The highest BCUT2D eigenvalue weighted by atomic mass is 32.2. The minimum Gasteiger partial charge on any atom is -0.317 e. The highest BCUT2D eigenvalue weighted by Gasteiger charge is 2.38. The van der Waals surface area contributed by atoms with E-state index in [4.69, 9.17) is 0 Å². The maximum Gasteiger partial charge on any atom is 0.155 e. The quantitative estimate of drug-likeness (QED) is 0.840. The van der Waals surface area contributed by atoms with Crippen LogP contribution in [0.3, 0.4) is 0 Å². The number of ketones is 1. The van der Waals surface area contributed by atoms with Gasteiger partial charge in [0.2, 0.25) is 0 Å². The molecule has 1 aliphatic heterocycles. The van der Waals surface area contributed by atoms with Crippen molar-refractivity contribution < 1.29 is 13.2 Å². The monoisotopic (exact) mass is 289 g/mol. The van der Waals surface area contributed by atoms with Gasteiger partial charge in [0.25, 0.3) is 0 Å². The Morgan fingerprint density at radius 1 is 1.21 bits per heavy atom. The molecule has 1 heterocycles. The van der Waals surface area contributed by atoms with Gasteiger partial charge in [-0.2, -0.15) is 0 Å². The zero-order chi connectivity index (χ0) is 14.7. The molecular formula is C14H27NO3S. The third-order valence-electron chi connectivity index (χ3n) is 4.36. The van der Waals surface area contributed by atoms with Crippen molar-refractivity contribution in [2.75, 3.05) is 18.8 Å². The third-order valence-corrected chi connectivity index (χ3v) is 6.97. The fourth-order valence-corrected chi connectivity index (χ4v) is 3.60. The number of rotatable bonds is 5. The van der Waals surface area contributed by atoms with Crippen molar-refractivity contribution in [2.45, 2.75) is 58.1 Å². The Labute approximate surface area is 117 Å². The lowest BCUT2D eigenvalue weighted by molar-refractivity contribution is -0.130. The van der Waals surface area contributed by atoms with Gasteiger partial charge in [0.1, 0.15) is 5.78 Å². The van der Waals surface area contributed by atoms with Gasteiger partial charge in [0.05, 0.1) is 10.5 Å². The SMILES string of the molecule is CCC1(C(=O)CCS(=O)(=O)C(C)(C)C)CCNCC1. The van der Waals surface area contributed by atoms with E-state index in [0.29, 0.717) is 0 Å². The molecule has 1 N–H and O–H groups in total. The number of hydrogen-bond acceptors (Lipinski definition) is 4. The number of nitrogens with one attached hydrogen (secondary N) is 1. The van der Waals surface area contributed by atoms with Crippen molar-refractivity contribution in [3.63, 3.8) is 0 Å². The molecular weight excluding hydrogens is 262 g/mol. The van der Waals surface area contributed by atoms with E-state index < -0.39 is 14.6 Å². The van der Waals surface area contributed by atoms with E-state index in [1.54, 1.807) is 20.8 Å². The first-order chi connectivity index (χ1) is 8.65. The number of carbonyl (C=O) groups excluding carboxylic acids is 1. The van der Waals surface area contributed by atoms with Crippen LogP contribution in [0.2, 0.25) is 0 Å². The van der Waals surface area contributed by atoms with Gasteiger partial charge in [0.15, 0.2) is 9.84 Å². The predicted octanol–water partition coefficient (Wildman–Crippen LogP) is 1.94. The van der Waals surface area contributed by atoms with Crippen molar-refractivity contribution in [1.82, 2.24) is 5.32 Å². The van der Waals surface area contributed by atoms with Crippen molar-refractivity contribution in [3.8, 4) is 0 Å². The minimum absolute atomic E-state index is 0.0233. The molecule has 1 saturated heterocycles. The van der Waals surface area contributed by atoms with Crippen LogP contribution in [-0.2, 0) is 14.6 Å². The first-order valence-electron chi connectivity index (χ1n) is 7.11. The van der Waals surface area contributed by atoms with Crippen LogP contribution in [0.1, 0.15) is 53.4 Å². The summed E-state index contributed by atoms with van der Waals surface area (Å²) in [7, 11) is -3.20. The van der Waals surface area contributed by atoms with Gasteiger partial charge in [-0.05, 0) is 53.1 Å². The van der Waals surface area contributed by atoms with Gasteiger partial charge in [-0.15, -0.1) is 0 Å². The second-order valence-corrected chi connectivity index (χ2v) is 9.35. The maximum absolute atomic E-state index is 12.4. The Balaban J connectivity index is 2.69. The molecule has 0 spiro atoms. The number of sulfone groups is 1. The van der Waals surface area contributed by atoms with E-state index in [-0.39, 0.29) is 23.4 Å². The molecule has 0 aromatic carbocycles. The van der Waals surface area contributed by atoms with E-state index >= 15 is 0 Å². The van der Waals surface area contributed by atoms with E-state index in [1.807, 2.05) is 6.92 Å². The largest absolute Gasteiger partial charge is 0.317 e. The highest BCUT2D eigenvalue weighted by molar-refractivity contribution is 7.92. The van der Waals surface area contributed by atoms with E-state index in [1.165, 1.54) is 0 Å². The number of carbonyl (C=O) groups is 1. The zero-order valence-corrected chi connectivity index (χ0v) is 13.4.